The predicted octanol–water partition coefficient (Wildman–Crippen LogP) is 4.81. The summed E-state index contributed by atoms with van der Waals surface area (Å²) in [6, 6.07) is 10.5. The lowest BCUT2D eigenvalue weighted by atomic mass is 10.0. The summed E-state index contributed by atoms with van der Waals surface area (Å²) in [4.78, 5) is 1.21. The first-order valence-corrected chi connectivity index (χ1v) is 7.98. The average molecular weight is 310 g/mol. The summed E-state index contributed by atoms with van der Waals surface area (Å²) < 4.78 is 6.36. The van der Waals surface area contributed by atoms with Crippen molar-refractivity contribution in [3.8, 4) is 5.75 Å². The molecule has 0 saturated heterocycles. The van der Waals surface area contributed by atoms with E-state index in [2.05, 4.69) is 43.4 Å². The Morgan fingerprint density at radius 3 is 2.70 bits per heavy atom. The lowest BCUT2D eigenvalue weighted by Crippen LogP contribution is -2.23. The second-order valence-corrected chi connectivity index (χ2v) is 6.52. The Bertz CT molecular complexity index is 567. The first-order valence-electron chi connectivity index (χ1n) is 6.79. The molecule has 0 aliphatic heterocycles. The Hall–Kier alpha value is -1.03. The van der Waals surface area contributed by atoms with Crippen molar-refractivity contribution < 1.29 is 4.74 Å². The van der Waals surface area contributed by atoms with Gasteiger partial charge < -0.3 is 10.1 Å². The van der Waals surface area contributed by atoms with Crippen molar-refractivity contribution in [1.82, 2.24) is 5.32 Å². The molecule has 2 rings (SSSR count). The SMILES string of the molecule is CCCNC(c1ccc(Cl)s1)c1ccc(C)cc1OC. The molecule has 2 aromatic rings. The van der Waals surface area contributed by atoms with Crippen LogP contribution in [-0.2, 0) is 0 Å². The lowest BCUT2D eigenvalue weighted by molar-refractivity contribution is 0.404. The van der Waals surface area contributed by atoms with Gasteiger partial charge in [-0.2, -0.15) is 0 Å². The van der Waals surface area contributed by atoms with Crippen molar-refractivity contribution >= 4 is 22.9 Å². The van der Waals surface area contributed by atoms with Crippen LogP contribution in [0.5, 0.6) is 5.75 Å². The van der Waals surface area contributed by atoms with Crippen LogP contribution in [0.2, 0.25) is 4.34 Å². The Balaban J connectivity index is 2.40. The highest BCUT2D eigenvalue weighted by Gasteiger charge is 2.19. The highest BCUT2D eigenvalue weighted by molar-refractivity contribution is 7.16. The third-order valence-electron chi connectivity index (χ3n) is 3.18. The van der Waals surface area contributed by atoms with Gasteiger partial charge in [-0.15, -0.1) is 11.3 Å². The van der Waals surface area contributed by atoms with E-state index in [4.69, 9.17) is 16.3 Å². The van der Waals surface area contributed by atoms with Crippen LogP contribution in [-0.4, -0.2) is 13.7 Å². The van der Waals surface area contributed by atoms with Crippen molar-refractivity contribution in [3.05, 3.63) is 50.7 Å². The van der Waals surface area contributed by atoms with E-state index in [1.54, 1.807) is 18.4 Å². The Morgan fingerprint density at radius 2 is 2.10 bits per heavy atom. The minimum absolute atomic E-state index is 0.128. The molecule has 2 nitrogen and oxygen atoms in total. The second kappa shape index (κ2) is 7.11. The van der Waals surface area contributed by atoms with E-state index in [1.807, 2.05) is 6.07 Å². The van der Waals surface area contributed by atoms with Gasteiger partial charge in [0, 0.05) is 10.4 Å². The second-order valence-electron chi connectivity index (χ2n) is 4.77. The van der Waals surface area contributed by atoms with Gasteiger partial charge in [0.2, 0.25) is 0 Å². The summed E-state index contributed by atoms with van der Waals surface area (Å²) in [5.41, 5.74) is 2.36. The zero-order valence-corrected chi connectivity index (χ0v) is 13.6. The number of hydrogen-bond acceptors (Lipinski definition) is 3. The maximum Gasteiger partial charge on any atom is 0.124 e. The van der Waals surface area contributed by atoms with Crippen LogP contribution in [0.25, 0.3) is 0 Å². The maximum atomic E-state index is 6.08. The number of benzene rings is 1. The fourth-order valence-electron chi connectivity index (χ4n) is 2.19. The zero-order valence-electron chi connectivity index (χ0n) is 12.1. The third-order valence-corrected chi connectivity index (χ3v) is 4.47. The number of rotatable bonds is 6. The van der Waals surface area contributed by atoms with Gasteiger partial charge in [-0.1, -0.05) is 30.7 Å². The predicted molar refractivity (Wildman–Crippen MR) is 87.2 cm³/mol. The quantitative estimate of drug-likeness (QED) is 0.827. The normalized spacial score (nSPS) is 12.4. The van der Waals surface area contributed by atoms with E-state index in [-0.39, 0.29) is 6.04 Å². The van der Waals surface area contributed by atoms with Crippen LogP contribution in [0.15, 0.2) is 30.3 Å². The molecule has 0 amide bonds. The van der Waals surface area contributed by atoms with Crippen LogP contribution in [0, 0.1) is 6.92 Å². The summed E-state index contributed by atoms with van der Waals surface area (Å²) in [5.74, 6) is 0.920. The fourth-order valence-corrected chi connectivity index (χ4v) is 3.35. The van der Waals surface area contributed by atoms with Gasteiger partial charge >= 0.3 is 0 Å². The number of halogens is 1. The maximum absolute atomic E-state index is 6.08. The van der Waals surface area contributed by atoms with Crippen LogP contribution in [0.3, 0.4) is 0 Å². The summed E-state index contributed by atoms with van der Waals surface area (Å²) in [6.45, 7) is 5.19. The molecule has 0 fully saturated rings. The molecule has 0 spiro atoms. The monoisotopic (exact) mass is 309 g/mol. The third kappa shape index (κ3) is 3.54. The van der Waals surface area contributed by atoms with Gasteiger partial charge in [-0.25, -0.2) is 0 Å². The van der Waals surface area contributed by atoms with E-state index in [0.29, 0.717) is 0 Å². The molecule has 0 radical (unpaired) electrons. The average Bonchev–Trinajstić information content (AvgIpc) is 2.87. The molecular formula is C16H20ClNOS. The highest BCUT2D eigenvalue weighted by atomic mass is 35.5. The number of ether oxygens (including phenoxy) is 1. The molecule has 0 aliphatic rings. The van der Waals surface area contributed by atoms with Crippen molar-refractivity contribution in [2.24, 2.45) is 0 Å². The number of nitrogens with one attached hydrogen (secondary N) is 1. The van der Waals surface area contributed by atoms with E-state index in [0.717, 1.165) is 28.6 Å². The zero-order chi connectivity index (χ0) is 14.5. The van der Waals surface area contributed by atoms with Gasteiger partial charge in [0.05, 0.1) is 17.5 Å². The van der Waals surface area contributed by atoms with E-state index in [1.165, 1.54) is 10.4 Å². The minimum Gasteiger partial charge on any atom is -0.496 e. The topological polar surface area (TPSA) is 21.3 Å². The van der Waals surface area contributed by atoms with E-state index >= 15 is 0 Å². The molecule has 0 saturated carbocycles. The molecule has 0 bridgehead atoms. The number of methoxy groups -OCH3 is 1. The largest absolute Gasteiger partial charge is 0.496 e. The number of thiophene rings is 1. The molecule has 1 aromatic heterocycles. The van der Waals surface area contributed by atoms with E-state index < -0.39 is 0 Å². The molecule has 1 N–H and O–H groups in total. The summed E-state index contributed by atoms with van der Waals surface area (Å²) in [5, 5.41) is 3.58. The summed E-state index contributed by atoms with van der Waals surface area (Å²) in [7, 11) is 1.72. The van der Waals surface area contributed by atoms with E-state index in [9.17, 15) is 0 Å². The molecule has 1 unspecified atom stereocenters. The van der Waals surface area contributed by atoms with Crippen LogP contribution in [0.1, 0.15) is 35.4 Å². The summed E-state index contributed by atoms with van der Waals surface area (Å²) >= 11 is 7.70. The molecule has 4 heteroatoms. The first kappa shape index (κ1) is 15.4. The van der Waals surface area contributed by atoms with Crippen LogP contribution < -0.4 is 10.1 Å². The van der Waals surface area contributed by atoms with Crippen molar-refractivity contribution in [2.75, 3.05) is 13.7 Å². The molecule has 108 valence electrons. The molecule has 1 aromatic carbocycles. The van der Waals surface area contributed by atoms with Crippen LogP contribution in [0.4, 0.5) is 0 Å². The Morgan fingerprint density at radius 1 is 1.30 bits per heavy atom. The van der Waals surface area contributed by atoms with Crippen molar-refractivity contribution in [2.45, 2.75) is 26.3 Å². The van der Waals surface area contributed by atoms with Crippen molar-refractivity contribution in [1.29, 1.82) is 0 Å². The molecular weight excluding hydrogens is 290 g/mol. The van der Waals surface area contributed by atoms with Gasteiger partial charge in [0.15, 0.2) is 0 Å². The van der Waals surface area contributed by atoms with Crippen LogP contribution >= 0.6 is 22.9 Å². The fraction of sp³-hybridized carbons (Fsp3) is 0.375. The van der Waals surface area contributed by atoms with Crippen molar-refractivity contribution in [3.63, 3.8) is 0 Å². The summed E-state index contributed by atoms with van der Waals surface area (Å²) in [6.07, 6.45) is 1.09. The lowest BCUT2D eigenvalue weighted by Gasteiger charge is -2.20. The minimum atomic E-state index is 0.128. The molecule has 20 heavy (non-hydrogen) atoms. The standard InChI is InChI=1S/C16H20ClNOS/c1-4-9-18-16(14-7-8-15(17)20-14)12-6-5-11(2)10-13(12)19-3/h5-8,10,16,18H,4,9H2,1-3H3. The Labute approximate surface area is 129 Å². The van der Waals surface area contributed by atoms with Gasteiger partial charge in [-0.05, 0) is 43.7 Å². The molecule has 0 aliphatic carbocycles. The molecule has 1 atom stereocenters. The number of hydrogen-bond donors (Lipinski definition) is 1. The van der Waals surface area contributed by atoms with Gasteiger partial charge in [0.25, 0.3) is 0 Å². The number of aryl methyl sites for hydroxylation is 1. The Kier molecular flexibility index (Phi) is 5.46. The smallest absolute Gasteiger partial charge is 0.124 e. The highest BCUT2D eigenvalue weighted by Crippen LogP contribution is 2.35. The van der Waals surface area contributed by atoms with Gasteiger partial charge in [0.1, 0.15) is 5.75 Å². The molecule has 1 heterocycles. The first-order chi connectivity index (χ1) is 9.65. The van der Waals surface area contributed by atoms with Gasteiger partial charge in [-0.3, -0.25) is 0 Å².